The SMILES string of the molecule is O=C(COC(=O)c1c(NC(=O)c2ccco2)sc2c1CCC2)c1ccc(Cl)cc1. The molecule has 0 saturated carbocycles. The van der Waals surface area contributed by atoms with E-state index in [2.05, 4.69) is 5.32 Å². The number of hydrogen-bond acceptors (Lipinski definition) is 6. The van der Waals surface area contributed by atoms with Gasteiger partial charge in [0.25, 0.3) is 5.91 Å². The van der Waals surface area contributed by atoms with Crippen molar-refractivity contribution in [1.82, 2.24) is 0 Å². The van der Waals surface area contributed by atoms with Gasteiger partial charge in [0.15, 0.2) is 18.2 Å². The third-order valence-electron chi connectivity index (χ3n) is 4.60. The third-order valence-corrected chi connectivity index (χ3v) is 6.06. The van der Waals surface area contributed by atoms with Crippen LogP contribution in [-0.2, 0) is 17.6 Å². The Labute approximate surface area is 175 Å². The summed E-state index contributed by atoms with van der Waals surface area (Å²) in [5.41, 5.74) is 1.61. The first-order valence-electron chi connectivity index (χ1n) is 8.98. The summed E-state index contributed by atoms with van der Waals surface area (Å²) in [7, 11) is 0. The number of halogens is 1. The summed E-state index contributed by atoms with van der Waals surface area (Å²) >= 11 is 7.19. The summed E-state index contributed by atoms with van der Waals surface area (Å²) in [6.45, 7) is -0.392. The lowest BCUT2D eigenvalue weighted by molar-refractivity contribution is 0.0475. The minimum atomic E-state index is -0.624. The molecule has 1 aliphatic carbocycles. The Morgan fingerprint density at radius 2 is 1.93 bits per heavy atom. The Morgan fingerprint density at radius 3 is 2.66 bits per heavy atom. The van der Waals surface area contributed by atoms with Crippen LogP contribution in [0, 0.1) is 0 Å². The van der Waals surface area contributed by atoms with E-state index in [0.717, 1.165) is 29.7 Å². The van der Waals surface area contributed by atoms with Gasteiger partial charge in [-0.15, -0.1) is 11.3 Å². The fourth-order valence-corrected chi connectivity index (χ4v) is 4.60. The molecule has 1 N–H and O–H groups in total. The van der Waals surface area contributed by atoms with E-state index in [1.54, 1.807) is 36.4 Å². The van der Waals surface area contributed by atoms with Crippen LogP contribution >= 0.6 is 22.9 Å². The molecule has 0 fully saturated rings. The maximum Gasteiger partial charge on any atom is 0.341 e. The van der Waals surface area contributed by atoms with Crippen molar-refractivity contribution in [2.75, 3.05) is 11.9 Å². The van der Waals surface area contributed by atoms with Crippen molar-refractivity contribution in [2.24, 2.45) is 0 Å². The first kappa shape index (κ1) is 19.4. The first-order valence-corrected chi connectivity index (χ1v) is 10.2. The van der Waals surface area contributed by atoms with Gasteiger partial charge in [-0.05, 0) is 61.2 Å². The molecule has 1 amide bonds. The summed E-state index contributed by atoms with van der Waals surface area (Å²) in [6.07, 6.45) is 3.93. The standard InChI is InChI=1S/C21H16ClNO5S/c22-13-8-6-12(7-9-13)15(24)11-28-21(26)18-14-3-1-5-17(14)29-20(18)23-19(25)16-4-2-10-27-16/h2,4,6-10H,1,3,5,11H2,(H,23,25). The molecule has 0 spiro atoms. The number of carbonyl (C=O) groups excluding carboxylic acids is 3. The number of benzene rings is 1. The molecule has 0 unspecified atom stereocenters. The van der Waals surface area contributed by atoms with Crippen LogP contribution in [0.4, 0.5) is 5.00 Å². The molecule has 6 nitrogen and oxygen atoms in total. The molecule has 148 valence electrons. The number of hydrogen-bond donors (Lipinski definition) is 1. The molecule has 1 aromatic carbocycles. The van der Waals surface area contributed by atoms with Gasteiger partial charge in [0.2, 0.25) is 0 Å². The highest BCUT2D eigenvalue weighted by atomic mass is 35.5. The lowest BCUT2D eigenvalue weighted by Gasteiger charge is -2.08. The fraction of sp³-hybridized carbons (Fsp3) is 0.190. The monoisotopic (exact) mass is 429 g/mol. The average Bonchev–Trinajstić information content (AvgIpc) is 3.43. The van der Waals surface area contributed by atoms with E-state index in [4.69, 9.17) is 20.8 Å². The van der Waals surface area contributed by atoms with Gasteiger partial charge in [0.05, 0.1) is 11.8 Å². The Bertz CT molecular complexity index is 1070. The van der Waals surface area contributed by atoms with Crippen LogP contribution in [0.25, 0.3) is 0 Å². The lowest BCUT2D eigenvalue weighted by Crippen LogP contribution is -2.17. The predicted molar refractivity (Wildman–Crippen MR) is 109 cm³/mol. The number of ether oxygens (including phenoxy) is 1. The van der Waals surface area contributed by atoms with E-state index in [1.165, 1.54) is 17.6 Å². The van der Waals surface area contributed by atoms with Gasteiger partial charge in [-0.25, -0.2) is 4.79 Å². The van der Waals surface area contributed by atoms with Gasteiger partial charge in [0, 0.05) is 15.5 Å². The average molecular weight is 430 g/mol. The zero-order chi connectivity index (χ0) is 20.4. The molecular weight excluding hydrogens is 414 g/mol. The van der Waals surface area contributed by atoms with Crippen LogP contribution in [0.5, 0.6) is 0 Å². The molecule has 0 bridgehead atoms. The van der Waals surface area contributed by atoms with Gasteiger partial charge >= 0.3 is 5.97 Å². The Morgan fingerprint density at radius 1 is 1.14 bits per heavy atom. The molecule has 0 atom stereocenters. The quantitative estimate of drug-likeness (QED) is 0.450. The van der Waals surface area contributed by atoms with Crippen LogP contribution in [-0.4, -0.2) is 24.3 Å². The van der Waals surface area contributed by atoms with Crippen LogP contribution in [0.15, 0.2) is 47.1 Å². The molecule has 8 heteroatoms. The van der Waals surface area contributed by atoms with Crippen LogP contribution in [0.1, 0.15) is 48.1 Å². The fourth-order valence-electron chi connectivity index (χ4n) is 3.20. The molecule has 29 heavy (non-hydrogen) atoms. The third kappa shape index (κ3) is 4.11. The highest BCUT2D eigenvalue weighted by Crippen LogP contribution is 2.39. The van der Waals surface area contributed by atoms with E-state index < -0.39 is 18.5 Å². The second kappa shape index (κ2) is 8.23. The lowest BCUT2D eigenvalue weighted by atomic mass is 10.1. The topological polar surface area (TPSA) is 85.6 Å². The van der Waals surface area contributed by atoms with Crippen molar-refractivity contribution >= 4 is 45.6 Å². The number of Topliss-reactive ketones (excluding diaryl/α,β-unsaturated/α-hetero) is 1. The van der Waals surface area contributed by atoms with E-state index in [0.29, 0.717) is 21.2 Å². The van der Waals surface area contributed by atoms with E-state index in [9.17, 15) is 14.4 Å². The smallest absolute Gasteiger partial charge is 0.341 e. The minimum absolute atomic E-state index is 0.149. The number of ketones is 1. The van der Waals surface area contributed by atoms with Gasteiger partial charge in [-0.2, -0.15) is 0 Å². The summed E-state index contributed by atoms with van der Waals surface area (Å²) in [5.74, 6) is -1.25. The van der Waals surface area contributed by atoms with Gasteiger partial charge in [-0.1, -0.05) is 11.6 Å². The predicted octanol–water partition coefficient (Wildman–Crippen LogP) is 4.78. The number of thiophene rings is 1. The zero-order valence-corrected chi connectivity index (χ0v) is 16.8. The minimum Gasteiger partial charge on any atom is -0.459 e. The van der Waals surface area contributed by atoms with E-state index >= 15 is 0 Å². The molecule has 3 aromatic rings. The van der Waals surface area contributed by atoms with Crippen molar-refractivity contribution in [3.05, 3.63) is 75.0 Å². The highest BCUT2D eigenvalue weighted by Gasteiger charge is 2.29. The van der Waals surface area contributed by atoms with Crippen molar-refractivity contribution in [3.63, 3.8) is 0 Å². The molecule has 1 aliphatic rings. The number of rotatable bonds is 6. The molecule has 2 aromatic heterocycles. The van der Waals surface area contributed by atoms with Crippen molar-refractivity contribution < 1.29 is 23.5 Å². The molecule has 4 rings (SSSR count). The zero-order valence-electron chi connectivity index (χ0n) is 15.2. The first-order chi connectivity index (χ1) is 14.0. The number of amides is 1. The largest absolute Gasteiger partial charge is 0.459 e. The van der Waals surface area contributed by atoms with Crippen LogP contribution in [0.3, 0.4) is 0 Å². The Balaban J connectivity index is 1.50. The number of esters is 1. The molecule has 0 radical (unpaired) electrons. The second-order valence-electron chi connectivity index (χ2n) is 6.50. The van der Waals surface area contributed by atoms with Crippen LogP contribution in [0.2, 0.25) is 5.02 Å². The maximum atomic E-state index is 12.8. The number of fused-ring (bicyclic) bond motifs is 1. The summed E-state index contributed by atoms with van der Waals surface area (Å²) in [4.78, 5) is 38.5. The van der Waals surface area contributed by atoms with E-state index in [-0.39, 0.29) is 11.5 Å². The van der Waals surface area contributed by atoms with Crippen LogP contribution < -0.4 is 5.32 Å². The number of furan rings is 1. The second-order valence-corrected chi connectivity index (χ2v) is 8.04. The normalized spacial score (nSPS) is 12.4. The number of anilines is 1. The molecule has 2 heterocycles. The summed E-state index contributed by atoms with van der Waals surface area (Å²) < 4.78 is 10.4. The maximum absolute atomic E-state index is 12.8. The molecular formula is C21H16ClNO5S. The molecule has 0 aliphatic heterocycles. The Kier molecular flexibility index (Phi) is 5.51. The number of carbonyl (C=O) groups is 3. The van der Waals surface area contributed by atoms with Crippen molar-refractivity contribution in [2.45, 2.75) is 19.3 Å². The number of nitrogens with one attached hydrogen (secondary N) is 1. The van der Waals surface area contributed by atoms with E-state index in [1.807, 2.05) is 0 Å². The van der Waals surface area contributed by atoms with Crippen molar-refractivity contribution in [1.29, 1.82) is 0 Å². The summed E-state index contributed by atoms with van der Waals surface area (Å²) in [6, 6.07) is 9.52. The summed E-state index contributed by atoms with van der Waals surface area (Å²) in [5, 5.41) is 3.67. The van der Waals surface area contributed by atoms with Gasteiger partial charge in [0.1, 0.15) is 5.00 Å². The van der Waals surface area contributed by atoms with Gasteiger partial charge in [-0.3, -0.25) is 9.59 Å². The molecule has 0 saturated heterocycles. The highest BCUT2D eigenvalue weighted by molar-refractivity contribution is 7.17. The Hall–Kier alpha value is -2.90. The van der Waals surface area contributed by atoms with Gasteiger partial charge < -0.3 is 14.5 Å². The number of aryl methyl sites for hydroxylation is 1. The van der Waals surface area contributed by atoms with Crippen molar-refractivity contribution in [3.8, 4) is 0 Å².